The van der Waals surface area contributed by atoms with E-state index in [4.69, 9.17) is 10.4 Å². The van der Waals surface area contributed by atoms with Crippen molar-refractivity contribution in [3.63, 3.8) is 0 Å². The van der Waals surface area contributed by atoms with E-state index in [1.54, 1.807) is 6.92 Å². The maximum absolute atomic E-state index is 13.4. The SMILES string of the molecule is Cc1c(F)cc(C#N)cc1NC(=O)CCC(C)O. The Morgan fingerprint density at radius 1 is 1.61 bits per heavy atom. The van der Waals surface area contributed by atoms with Gasteiger partial charge >= 0.3 is 0 Å². The number of hydrogen-bond acceptors (Lipinski definition) is 3. The molecule has 1 amide bonds. The summed E-state index contributed by atoms with van der Waals surface area (Å²) in [5, 5.41) is 20.3. The van der Waals surface area contributed by atoms with Crippen LogP contribution in [-0.4, -0.2) is 17.1 Å². The number of rotatable bonds is 4. The normalized spacial score (nSPS) is 11.7. The van der Waals surface area contributed by atoms with Crippen LogP contribution in [0.15, 0.2) is 12.1 Å². The number of carbonyl (C=O) groups is 1. The van der Waals surface area contributed by atoms with Gasteiger partial charge in [0.15, 0.2) is 0 Å². The molecule has 4 nitrogen and oxygen atoms in total. The lowest BCUT2D eigenvalue weighted by atomic mass is 10.1. The van der Waals surface area contributed by atoms with E-state index >= 15 is 0 Å². The maximum Gasteiger partial charge on any atom is 0.224 e. The number of nitrogens with one attached hydrogen (secondary N) is 1. The molecule has 2 N–H and O–H groups in total. The monoisotopic (exact) mass is 250 g/mol. The molecule has 0 spiro atoms. The predicted molar refractivity (Wildman–Crippen MR) is 65.4 cm³/mol. The molecule has 1 unspecified atom stereocenters. The van der Waals surface area contributed by atoms with E-state index in [0.717, 1.165) is 6.07 Å². The van der Waals surface area contributed by atoms with Gasteiger partial charge in [-0.2, -0.15) is 5.26 Å². The van der Waals surface area contributed by atoms with Crippen molar-refractivity contribution in [2.45, 2.75) is 32.8 Å². The van der Waals surface area contributed by atoms with Crippen LogP contribution < -0.4 is 5.32 Å². The van der Waals surface area contributed by atoms with Crippen LogP contribution in [0.25, 0.3) is 0 Å². The summed E-state index contributed by atoms with van der Waals surface area (Å²) in [6.45, 7) is 3.12. The summed E-state index contributed by atoms with van der Waals surface area (Å²) >= 11 is 0. The highest BCUT2D eigenvalue weighted by atomic mass is 19.1. The van der Waals surface area contributed by atoms with Crippen molar-refractivity contribution < 1.29 is 14.3 Å². The molecule has 1 rings (SSSR count). The van der Waals surface area contributed by atoms with Gasteiger partial charge in [-0.3, -0.25) is 4.79 Å². The predicted octanol–water partition coefficient (Wildman–Crippen LogP) is 2.11. The fourth-order valence-electron chi connectivity index (χ4n) is 1.43. The molecule has 1 aromatic rings. The Morgan fingerprint density at radius 2 is 2.28 bits per heavy atom. The van der Waals surface area contributed by atoms with Gasteiger partial charge in [-0.05, 0) is 32.4 Å². The molecule has 18 heavy (non-hydrogen) atoms. The van der Waals surface area contributed by atoms with E-state index in [-0.39, 0.29) is 17.9 Å². The average Bonchev–Trinajstić information content (AvgIpc) is 2.32. The van der Waals surface area contributed by atoms with Crippen molar-refractivity contribution in [1.82, 2.24) is 0 Å². The van der Waals surface area contributed by atoms with Crippen LogP contribution in [0, 0.1) is 24.1 Å². The number of nitriles is 1. The number of nitrogens with zero attached hydrogens (tertiary/aromatic N) is 1. The second-order valence-electron chi connectivity index (χ2n) is 4.18. The molecule has 0 saturated heterocycles. The minimum Gasteiger partial charge on any atom is -0.393 e. The summed E-state index contributed by atoms with van der Waals surface area (Å²) in [6, 6.07) is 4.38. The minimum absolute atomic E-state index is 0.148. The van der Waals surface area contributed by atoms with E-state index in [2.05, 4.69) is 5.32 Å². The largest absolute Gasteiger partial charge is 0.393 e. The Hall–Kier alpha value is -1.93. The Morgan fingerprint density at radius 3 is 2.83 bits per heavy atom. The second-order valence-corrected chi connectivity index (χ2v) is 4.18. The van der Waals surface area contributed by atoms with Gasteiger partial charge < -0.3 is 10.4 Å². The Kier molecular flexibility index (Phi) is 4.81. The first kappa shape index (κ1) is 14.1. The number of aliphatic hydroxyl groups is 1. The standard InChI is InChI=1S/C13H15FN2O2/c1-8(17)3-4-13(18)16-12-6-10(7-15)5-11(14)9(12)2/h5-6,8,17H,3-4H2,1-2H3,(H,16,18). The molecule has 5 heteroatoms. The van der Waals surface area contributed by atoms with E-state index in [1.165, 1.54) is 13.0 Å². The third-order valence-corrected chi connectivity index (χ3v) is 2.54. The summed E-state index contributed by atoms with van der Waals surface area (Å²) in [6.07, 6.45) is -0.0695. The van der Waals surface area contributed by atoms with Crippen LogP contribution in [0.3, 0.4) is 0 Å². The highest BCUT2D eigenvalue weighted by molar-refractivity contribution is 5.91. The summed E-state index contributed by atoms with van der Waals surface area (Å²) < 4.78 is 13.4. The van der Waals surface area contributed by atoms with Crippen molar-refractivity contribution in [3.8, 4) is 6.07 Å². The topological polar surface area (TPSA) is 73.1 Å². The Bertz CT molecular complexity index is 492. The zero-order valence-electron chi connectivity index (χ0n) is 10.3. The van der Waals surface area contributed by atoms with Gasteiger partial charge in [-0.25, -0.2) is 4.39 Å². The first-order valence-corrected chi connectivity index (χ1v) is 5.62. The zero-order valence-corrected chi connectivity index (χ0v) is 10.3. The van der Waals surface area contributed by atoms with Crippen molar-refractivity contribution in [2.24, 2.45) is 0 Å². The van der Waals surface area contributed by atoms with Crippen LogP contribution in [0.1, 0.15) is 30.9 Å². The summed E-state index contributed by atoms with van der Waals surface area (Å²) in [5.74, 6) is -0.839. The van der Waals surface area contributed by atoms with E-state index in [0.29, 0.717) is 17.7 Å². The number of amides is 1. The lowest BCUT2D eigenvalue weighted by molar-refractivity contribution is -0.116. The van der Waals surface area contributed by atoms with Crippen molar-refractivity contribution in [2.75, 3.05) is 5.32 Å². The molecule has 0 aromatic heterocycles. The summed E-state index contributed by atoms with van der Waals surface area (Å²) in [7, 11) is 0. The van der Waals surface area contributed by atoms with Gasteiger partial charge in [-0.15, -0.1) is 0 Å². The van der Waals surface area contributed by atoms with Gasteiger partial charge in [0.1, 0.15) is 5.82 Å². The molecular formula is C13H15FN2O2. The molecule has 0 aliphatic heterocycles. The lowest BCUT2D eigenvalue weighted by Crippen LogP contribution is -2.15. The van der Waals surface area contributed by atoms with Crippen molar-refractivity contribution >= 4 is 11.6 Å². The first-order chi connectivity index (χ1) is 8.43. The number of benzene rings is 1. The average molecular weight is 250 g/mol. The summed E-state index contributed by atoms with van der Waals surface area (Å²) in [4.78, 5) is 11.6. The van der Waals surface area contributed by atoms with Gasteiger partial charge in [0.05, 0.1) is 17.7 Å². The van der Waals surface area contributed by atoms with Gasteiger partial charge in [0.25, 0.3) is 0 Å². The molecule has 0 radical (unpaired) electrons. The second kappa shape index (κ2) is 6.12. The third kappa shape index (κ3) is 3.82. The smallest absolute Gasteiger partial charge is 0.224 e. The molecule has 0 fully saturated rings. The molecule has 0 aliphatic carbocycles. The number of carbonyl (C=O) groups excluding carboxylic acids is 1. The van der Waals surface area contributed by atoms with E-state index in [9.17, 15) is 9.18 Å². The minimum atomic E-state index is -0.556. The molecule has 0 heterocycles. The fourth-order valence-corrected chi connectivity index (χ4v) is 1.43. The van der Waals surface area contributed by atoms with E-state index < -0.39 is 11.9 Å². The lowest BCUT2D eigenvalue weighted by Gasteiger charge is -2.10. The molecule has 1 aromatic carbocycles. The van der Waals surface area contributed by atoms with Gasteiger partial charge in [0, 0.05) is 17.7 Å². The molecular weight excluding hydrogens is 235 g/mol. The van der Waals surface area contributed by atoms with Crippen LogP contribution in [0.4, 0.5) is 10.1 Å². The quantitative estimate of drug-likeness (QED) is 0.859. The van der Waals surface area contributed by atoms with Crippen LogP contribution in [-0.2, 0) is 4.79 Å². The maximum atomic E-state index is 13.4. The van der Waals surface area contributed by atoms with Gasteiger partial charge in [-0.1, -0.05) is 0 Å². The molecule has 0 saturated carbocycles. The highest BCUT2D eigenvalue weighted by Gasteiger charge is 2.10. The number of halogens is 1. The zero-order chi connectivity index (χ0) is 13.7. The first-order valence-electron chi connectivity index (χ1n) is 5.62. The highest BCUT2D eigenvalue weighted by Crippen LogP contribution is 2.20. The van der Waals surface area contributed by atoms with Crippen molar-refractivity contribution in [1.29, 1.82) is 5.26 Å². The number of hydrogen-bond donors (Lipinski definition) is 2. The molecule has 0 aliphatic rings. The molecule has 96 valence electrons. The van der Waals surface area contributed by atoms with Crippen LogP contribution in [0.2, 0.25) is 0 Å². The third-order valence-electron chi connectivity index (χ3n) is 2.54. The summed E-state index contributed by atoms with van der Waals surface area (Å²) in [5.41, 5.74) is 0.741. The Labute approximate surface area is 105 Å². The number of aliphatic hydroxyl groups excluding tert-OH is 1. The number of anilines is 1. The van der Waals surface area contributed by atoms with Crippen LogP contribution >= 0.6 is 0 Å². The molecule has 1 atom stereocenters. The molecule has 0 bridgehead atoms. The Balaban J connectivity index is 2.81. The fraction of sp³-hybridized carbons (Fsp3) is 0.385. The van der Waals surface area contributed by atoms with Gasteiger partial charge in [0.2, 0.25) is 5.91 Å². The van der Waals surface area contributed by atoms with Crippen molar-refractivity contribution in [3.05, 3.63) is 29.1 Å². The van der Waals surface area contributed by atoms with Crippen LogP contribution in [0.5, 0.6) is 0 Å². The van der Waals surface area contributed by atoms with E-state index in [1.807, 2.05) is 6.07 Å².